The van der Waals surface area contributed by atoms with E-state index in [2.05, 4.69) is 0 Å². The Morgan fingerprint density at radius 2 is 2.32 bits per heavy atom. The number of methoxy groups -OCH3 is 1. The molecule has 104 valence electrons. The van der Waals surface area contributed by atoms with Gasteiger partial charge in [-0.15, -0.1) is 11.3 Å². The van der Waals surface area contributed by atoms with Crippen molar-refractivity contribution in [3.63, 3.8) is 0 Å². The fourth-order valence-corrected chi connectivity index (χ4v) is 4.27. The summed E-state index contributed by atoms with van der Waals surface area (Å²) < 4.78 is 5.24. The van der Waals surface area contributed by atoms with Crippen LogP contribution in [0.2, 0.25) is 0 Å². The molecule has 2 heterocycles. The van der Waals surface area contributed by atoms with E-state index in [0.29, 0.717) is 17.6 Å². The number of hydrogen-bond donors (Lipinski definition) is 1. The van der Waals surface area contributed by atoms with Crippen LogP contribution in [0.15, 0.2) is 11.4 Å². The summed E-state index contributed by atoms with van der Waals surface area (Å²) in [6.45, 7) is 1.67. The minimum absolute atomic E-state index is 0.105. The molecule has 19 heavy (non-hydrogen) atoms. The molecule has 1 amide bonds. The highest BCUT2D eigenvalue weighted by atomic mass is 32.1. The summed E-state index contributed by atoms with van der Waals surface area (Å²) in [7, 11) is 1.61. The van der Waals surface area contributed by atoms with Gasteiger partial charge in [0.2, 0.25) is 0 Å². The fourth-order valence-electron chi connectivity index (χ4n) is 3.44. The normalized spacial score (nSPS) is 30.2. The van der Waals surface area contributed by atoms with E-state index in [0.717, 1.165) is 24.4 Å². The molecule has 0 spiro atoms. The Hall–Kier alpha value is -1.07. The van der Waals surface area contributed by atoms with E-state index >= 15 is 0 Å². The maximum atomic E-state index is 12.6. The molecular formula is C14H20N2O2S. The maximum Gasteiger partial charge on any atom is 0.267 e. The first-order chi connectivity index (χ1) is 9.20. The van der Waals surface area contributed by atoms with E-state index in [1.54, 1.807) is 7.11 Å². The zero-order valence-electron chi connectivity index (χ0n) is 11.2. The summed E-state index contributed by atoms with van der Waals surface area (Å²) in [5, 5.41) is 1.90. The first-order valence-electron chi connectivity index (χ1n) is 6.87. The summed E-state index contributed by atoms with van der Waals surface area (Å²) in [6, 6.07) is 2.12. The second kappa shape index (κ2) is 5.13. The van der Waals surface area contributed by atoms with Crippen LogP contribution >= 0.6 is 11.3 Å². The number of carbonyl (C=O) groups is 1. The molecular weight excluding hydrogens is 260 g/mol. The van der Waals surface area contributed by atoms with E-state index in [1.807, 2.05) is 16.3 Å². The molecule has 1 aliphatic carbocycles. The van der Waals surface area contributed by atoms with Crippen molar-refractivity contribution in [3.8, 4) is 5.75 Å². The molecule has 1 aromatic heterocycles. The van der Waals surface area contributed by atoms with Gasteiger partial charge in [0.1, 0.15) is 10.6 Å². The van der Waals surface area contributed by atoms with Gasteiger partial charge in [-0.05, 0) is 36.1 Å². The van der Waals surface area contributed by atoms with E-state index in [1.165, 1.54) is 24.2 Å². The average molecular weight is 280 g/mol. The lowest BCUT2D eigenvalue weighted by atomic mass is 9.78. The van der Waals surface area contributed by atoms with Crippen LogP contribution in [0.25, 0.3) is 0 Å². The maximum absolute atomic E-state index is 12.6. The molecule has 1 saturated carbocycles. The van der Waals surface area contributed by atoms with Gasteiger partial charge >= 0.3 is 0 Å². The minimum atomic E-state index is 0.105. The van der Waals surface area contributed by atoms with Gasteiger partial charge < -0.3 is 15.4 Å². The number of nitrogens with two attached hydrogens (primary N) is 1. The average Bonchev–Trinajstić information content (AvgIpc) is 3.04. The Balaban J connectivity index is 1.75. The molecule has 1 aromatic rings. The minimum Gasteiger partial charge on any atom is -0.495 e. The number of thiophene rings is 1. The third-order valence-electron chi connectivity index (χ3n) is 4.48. The van der Waals surface area contributed by atoms with E-state index in [4.69, 9.17) is 10.5 Å². The molecule has 3 unspecified atom stereocenters. The highest BCUT2D eigenvalue weighted by Gasteiger charge is 2.41. The van der Waals surface area contributed by atoms with Crippen molar-refractivity contribution in [1.29, 1.82) is 0 Å². The molecule has 1 aliphatic heterocycles. The van der Waals surface area contributed by atoms with Crippen LogP contribution < -0.4 is 10.5 Å². The number of rotatable bonds is 2. The molecule has 2 fully saturated rings. The lowest BCUT2D eigenvalue weighted by molar-refractivity contribution is 0.0785. The lowest BCUT2D eigenvalue weighted by Crippen LogP contribution is -2.38. The Morgan fingerprint density at radius 1 is 1.47 bits per heavy atom. The van der Waals surface area contributed by atoms with Crippen molar-refractivity contribution in [2.45, 2.75) is 25.3 Å². The van der Waals surface area contributed by atoms with Crippen molar-refractivity contribution < 1.29 is 9.53 Å². The van der Waals surface area contributed by atoms with Crippen molar-refractivity contribution in [3.05, 3.63) is 16.3 Å². The van der Waals surface area contributed by atoms with Crippen molar-refractivity contribution >= 4 is 17.2 Å². The Bertz CT molecular complexity index is 474. The van der Waals surface area contributed by atoms with Gasteiger partial charge in [-0.1, -0.05) is 6.42 Å². The molecule has 2 N–H and O–H groups in total. The van der Waals surface area contributed by atoms with Crippen LogP contribution in [0, 0.1) is 11.8 Å². The molecule has 5 heteroatoms. The first kappa shape index (κ1) is 12.9. The number of nitrogens with zero attached hydrogens (tertiary/aromatic N) is 1. The zero-order chi connectivity index (χ0) is 13.4. The molecule has 3 rings (SSSR count). The second-order valence-electron chi connectivity index (χ2n) is 5.55. The van der Waals surface area contributed by atoms with Gasteiger partial charge in [-0.3, -0.25) is 4.79 Å². The smallest absolute Gasteiger partial charge is 0.267 e. The van der Waals surface area contributed by atoms with Crippen LogP contribution in [0.1, 0.15) is 28.9 Å². The molecule has 2 aliphatic rings. The largest absolute Gasteiger partial charge is 0.495 e. The van der Waals surface area contributed by atoms with Crippen LogP contribution in [-0.4, -0.2) is 37.0 Å². The van der Waals surface area contributed by atoms with E-state index in [-0.39, 0.29) is 11.9 Å². The van der Waals surface area contributed by atoms with Gasteiger partial charge in [0, 0.05) is 19.1 Å². The number of carbonyl (C=O) groups excluding carboxylic acids is 1. The molecule has 1 saturated heterocycles. The first-order valence-corrected chi connectivity index (χ1v) is 7.75. The van der Waals surface area contributed by atoms with Crippen molar-refractivity contribution in [1.82, 2.24) is 4.90 Å². The van der Waals surface area contributed by atoms with Crippen molar-refractivity contribution in [2.24, 2.45) is 17.6 Å². The van der Waals surface area contributed by atoms with Crippen LogP contribution in [0.4, 0.5) is 0 Å². The third-order valence-corrected chi connectivity index (χ3v) is 5.37. The summed E-state index contributed by atoms with van der Waals surface area (Å²) >= 11 is 1.46. The third kappa shape index (κ3) is 2.25. The van der Waals surface area contributed by atoms with Crippen LogP contribution in [-0.2, 0) is 0 Å². The van der Waals surface area contributed by atoms with Gasteiger partial charge in [0.05, 0.1) is 7.11 Å². The summed E-state index contributed by atoms with van der Waals surface area (Å²) in [6.07, 6.45) is 3.52. The highest BCUT2D eigenvalue weighted by molar-refractivity contribution is 7.12. The SMILES string of the molecule is COc1ccsc1C(=O)N1CC2CCCC(N)C2C1. The molecule has 3 atom stereocenters. The number of fused-ring (bicyclic) bond motifs is 1. The Morgan fingerprint density at radius 3 is 3.05 bits per heavy atom. The molecule has 0 aromatic carbocycles. The molecule has 0 bridgehead atoms. The molecule has 4 nitrogen and oxygen atoms in total. The predicted molar refractivity (Wildman–Crippen MR) is 75.6 cm³/mol. The van der Waals surface area contributed by atoms with E-state index < -0.39 is 0 Å². The number of likely N-dealkylation sites (tertiary alicyclic amines) is 1. The van der Waals surface area contributed by atoms with Crippen LogP contribution in [0.5, 0.6) is 5.75 Å². The zero-order valence-corrected chi connectivity index (χ0v) is 12.0. The summed E-state index contributed by atoms with van der Waals surface area (Å²) in [5.74, 6) is 1.88. The topological polar surface area (TPSA) is 55.6 Å². The lowest BCUT2D eigenvalue weighted by Gasteiger charge is -2.29. The van der Waals surface area contributed by atoms with Crippen molar-refractivity contribution in [2.75, 3.05) is 20.2 Å². The fraction of sp³-hybridized carbons (Fsp3) is 0.643. The summed E-state index contributed by atoms with van der Waals surface area (Å²) in [4.78, 5) is 15.2. The highest BCUT2D eigenvalue weighted by Crippen LogP contribution is 2.37. The summed E-state index contributed by atoms with van der Waals surface area (Å²) in [5.41, 5.74) is 6.20. The second-order valence-corrected chi connectivity index (χ2v) is 6.46. The number of hydrogen-bond acceptors (Lipinski definition) is 4. The molecule has 0 radical (unpaired) electrons. The van der Waals surface area contributed by atoms with Gasteiger partial charge in [0.25, 0.3) is 5.91 Å². The Kier molecular flexibility index (Phi) is 3.50. The van der Waals surface area contributed by atoms with Gasteiger partial charge in [-0.25, -0.2) is 0 Å². The predicted octanol–water partition coefficient (Wildman–Crippen LogP) is 1.96. The quantitative estimate of drug-likeness (QED) is 0.901. The Labute approximate surface area is 117 Å². The van der Waals surface area contributed by atoms with E-state index in [9.17, 15) is 4.79 Å². The number of amides is 1. The standard InChI is InChI=1S/C14H20N2O2S/c1-18-12-5-6-19-13(12)14(17)16-7-9-3-2-4-11(15)10(9)8-16/h5-6,9-11H,2-4,7-8,15H2,1H3. The van der Waals surface area contributed by atoms with Gasteiger partial charge in [0.15, 0.2) is 0 Å². The number of ether oxygens (including phenoxy) is 1. The van der Waals surface area contributed by atoms with Crippen LogP contribution in [0.3, 0.4) is 0 Å². The van der Waals surface area contributed by atoms with Gasteiger partial charge in [-0.2, -0.15) is 0 Å². The monoisotopic (exact) mass is 280 g/mol.